The molecule has 2 aromatic rings. The monoisotopic (exact) mass is 256 g/mol. The van der Waals surface area contributed by atoms with Crippen molar-refractivity contribution in [3.63, 3.8) is 0 Å². The highest BCUT2D eigenvalue weighted by Crippen LogP contribution is 2.23. The van der Waals surface area contributed by atoms with E-state index < -0.39 is 16.3 Å². The summed E-state index contributed by atoms with van der Waals surface area (Å²) < 4.78 is 0.742. The summed E-state index contributed by atoms with van der Waals surface area (Å²) in [7, 11) is 0. The first-order valence-electron chi connectivity index (χ1n) is 4.34. The van der Waals surface area contributed by atoms with Gasteiger partial charge < -0.3 is 0 Å². The minimum atomic E-state index is -0.703. The summed E-state index contributed by atoms with van der Waals surface area (Å²) in [6.07, 6.45) is 0. The lowest BCUT2D eigenvalue weighted by Gasteiger charge is -2.01. The lowest BCUT2D eigenvalue weighted by atomic mass is 10.3. The van der Waals surface area contributed by atoms with Crippen LogP contribution >= 0.6 is 11.6 Å². The van der Waals surface area contributed by atoms with Crippen molar-refractivity contribution in [2.24, 2.45) is 0 Å². The van der Waals surface area contributed by atoms with Crippen LogP contribution in [0.3, 0.4) is 0 Å². The van der Waals surface area contributed by atoms with E-state index in [4.69, 9.17) is 11.6 Å². The van der Waals surface area contributed by atoms with E-state index in [1.165, 1.54) is 6.07 Å². The molecule has 0 spiro atoms. The van der Waals surface area contributed by atoms with Crippen molar-refractivity contribution in [1.82, 2.24) is 14.8 Å². The van der Waals surface area contributed by atoms with E-state index in [-0.39, 0.29) is 16.4 Å². The van der Waals surface area contributed by atoms with E-state index in [1.807, 2.05) is 0 Å². The van der Waals surface area contributed by atoms with Crippen LogP contribution in [-0.4, -0.2) is 19.7 Å². The molecule has 0 aliphatic heterocycles. The molecule has 9 heteroatoms. The largest absolute Gasteiger partial charge is 0.349 e. The molecule has 2 rings (SSSR count). The van der Waals surface area contributed by atoms with Crippen molar-refractivity contribution in [2.75, 3.05) is 0 Å². The van der Waals surface area contributed by atoms with Crippen LogP contribution < -0.4 is 11.4 Å². The molecule has 8 nitrogen and oxygen atoms in total. The molecule has 1 aromatic heterocycles. The summed E-state index contributed by atoms with van der Waals surface area (Å²) in [5, 5.41) is 14.6. The van der Waals surface area contributed by atoms with Gasteiger partial charge in [-0.25, -0.2) is 24.4 Å². The zero-order valence-electron chi connectivity index (χ0n) is 8.14. The average Bonchev–Trinajstić information content (AvgIpc) is 2.59. The van der Waals surface area contributed by atoms with Gasteiger partial charge >= 0.3 is 11.4 Å². The van der Waals surface area contributed by atoms with E-state index in [0.29, 0.717) is 0 Å². The Hall–Kier alpha value is -2.35. The van der Waals surface area contributed by atoms with E-state index in [9.17, 15) is 19.7 Å². The quantitative estimate of drug-likeness (QED) is 0.598. The number of non-ortho nitro benzene ring substituents is 1. The first-order valence-corrected chi connectivity index (χ1v) is 4.72. The van der Waals surface area contributed by atoms with E-state index in [1.54, 1.807) is 0 Å². The fraction of sp³-hybridized carbons (Fsp3) is 0. The normalized spacial score (nSPS) is 10.4. The van der Waals surface area contributed by atoms with Gasteiger partial charge in [-0.15, -0.1) is 0 Å². The molecule has 17 heavy (non-hydrogen) atoms. The molecular formula is C8H5ClN4O4. The molecule has 0 unspecified atom stereocenters. The zero-order valence-corrected chi connectivity index (χ0v) is 8.89. The maximum absolute atomic E-state index is 11.3. The number of nitrogens with one attached hydrogen (secondary N) is 2. The maximum atomic E-state index is 11.3. The van der Waals surface area contributed by atoms with Gasteiger partial charge in [0.2, 0.25) is 0 Å². The molecule has 0 aliphatic rings. The van der Waals surface area contributed by atoms with Crippen LogP contribution in [0, 0.1) is 10.1 Å². The Bertz CT molecular complexity index is 671. The molecule has 0 radical (unpaired) electrons. The fourth-order valence-electron chi connectivity index (χ4n) is 1.32. The smallest absolute Gasteiger partial charge is 0.258 e. The summed E-state index contributed by atoms with van der Waals surface area (Å²) in [6, 6.07) is 3.45. The lowest BCUT2D eigenvalue weighted by Crippen LogP contribution is -2.24. The highest BCUT2D eigenvalue weighted by molar-refractivity contribution is 6.32. The summed E-state index contributed by atoms with van der Waals surface area (Å²) in [5.41, 5.74) is -1.56. The zero-order chi connectivity index (χ0) is 12.6. The Balaban J connectivity index is 2.67. The Morgan fingerprint density at radius 2 is 1.82 bits per heavy atom. The van der Waals surface area contributed by atoms with Crippen molar-refractivity contribution in [3.05, 3.63) is 54.3 Å². The summed E-state index contributed by atoms with van der Waals surface area (Å²) in [4.78, 5) is 32.5. The van der Waals surface area contributed by atoms with Gasteiger partial charge in [-0.3, -0.25) is 10.1 Å². The Morgan fingerprint density at radius 3 is 2.29 bits per heavy atom. The molecule has 1 heterocycles. The van der Waals surface area contributed by atoms with Crippen LogP contribution in [-0.2, 0) is 0 Å². The number of hydrogen-bond acceptors (Lipinski definition) is 4. The topological polar surface area (TPSA) is 114 Å². The molecule has 2 N–H and O–H groups in total. The Kier molecular flexibility index (Phi) is 2.56. The summed E-state index contributed by atoms with van der Waals surface area (Å²) in [6.45, 7) is 0. The van der Waals surface area contributed by atoms with Gasteiger partial charge in [-0.05, 0) is 6.07 Å². The van der Waals surface area contributed by atoms with Crippen LogP contribution in [0.1, 0.15) is 0 Å². The average molecular weight is 257 g/mol. The van der Waals surface area contributed by atoms with Crippen molar-refractivity contribution in [2.45, 2.75) is 0 Å². The minimum absolute atomic E-state index is 0.0635. The summed E-state index contributed by atoms with van der Waals surface area (Å²) >= 11 is 5.78. The van der Waals surface area contributed by atoms with Crippen molar-refractivity contribution in [1.29, 1.82) is 0 Å². The van der Waals surface area contributed by atoms with Gasteiger partial charge in [0.05, 0.1) is 15.6 Å². The second kappa shape index (κ2) is 3.91. The lowest BCUT2D eigenvalue weighted by molar-refractivity contribution is -0.384. The molecule has 0 saturated carbocycles. The second-order valence-electron chi connectivity index (χ2n) is 3.09. The molecule has 0 bridgehead atoms. The van der Waals surface area contributed by atoms with Gasteiger partial charge in [0.15, 0.2) is 0 Å². The number of H-pyrrole nitrogens is 2. The highest BCUT2D eigenvalue weighted by Gasteiger charge is 2.14. The second-order valence-corrected chi connectivity index (χ2v) is 3.50. The van der Waals surface area contributed by atoms with Gasteiger partial charge in [0.1, 0.15) is 0 Å². The van der Waals surface area contributed by atoms with E-state index >= 15 is 0 Å². The number of halogens is 1. The molecule has 0 amide bonds. The SMILES string of the molecule is O=c1[nH][nH]c(=O)n1-c1ccc([N+](=O)[O-])cc1Cl. The number of nitro groups is 1. The van der Waals surface area contributed by atoms with Gasteiger partial charge in [0, 0.05) is 12.1 Å². The third-order valence-electron chi connectivity index (χ3n) is 2.07. The molecule has 0 aliphatic carbocycles. The van der Waals surface area contributed by atoms with E-state index in [2.05, 4.69) is 10.2 Å². The third-order valence-corrected chi connectivity index (χ3v) is 2.37. The maximum Gasteiger partial charge on any atom is 0.349 e. The number of hydrogen-bond donors (Lipinski definition) is 2. The van der Waals surface area contributed by atoms with Crippen molar-refractivity contribution in [3.8, 4) is 5.69 Å². The molecule has 0 saturated heterocycles. The van der Waals surface area contributed by atoms with E-state index in [0.717, 1.165) is 16.7 Å². The van der Waals surface area contributed by atoms with Crippen molar-refractivity contribution < 1.29 is 4.92 Å². The fourth-order valence-corrected chi connectivity index (χ4v) is 1.58. The van der Waals surface area contributed by atoms with Crippen LogP contribution in [0.15, 0.2) is 27.8 Å². The standard InChI is InChI=1S/C8H5ClN4O4/c9-5-3-4(13(16)17)1-2-6(5)12-7(14)10-11-8(12)15/h1-3H,(H,10,14)(H,11,15). The number of aromatic nitrogens is 3. The molecular weight excluding hydrogens is 252 g/mol. The number of aromatic amines is 2. The number of benzene rings is 1. The van der Waals surface area contributed by atoms with Crippen LogP contribution in [0.4, 0.5) is 5.69 Å². The van der Waals surface area contributed by atoms with Gasteiger partial charge in [-0.1, -0.05) is 11.6 Å². The molecule has 88 valence electrons. The highest BCUT2D eigenvalue weighted by atomic mass is 35.5. The minimum Gasteiger partial charge on any atom is -0.258 e. The molecule has 0 fully saturated rings. The number of nitro benzene ring substituents is 1. The predicted octanol–water partition coefficient (Wildman–Crippen LogP) is 0.415. The van der Waals surface area contributed by atoms with Crippen LogP contribution in [0.25, 0.3) is 5.69 Å². The van der Waals surface area contributed by atoms with Gasteiger partial charge in [-0.2, -0.15) is 0 Å². The Labute approximate surface area is 97.6 Å². The third kappa shape index (κ3) is 1.85. The molecule has 1 aromatic carbocycles. The van der Waals surface area contributed by atoms with Crippen molar-refractivity contribution >= 4 is 17.3 Å². The number of rotatable bonds is 2. The van der Waals surface area contributed by atoms with Crippen LogP contribution in [0.2, 0.25) is 5.02 Å². The predicted molar refractivity (Wildman–Crippen MR) is 58.7 cm³/mol. The Morgan fingerprint density at radius 1 is 1.24 bits per heavy atom. The first kappa shape index (κ1) is 11.1. The summed E-state index contributed by atoms with van der Waals surface area (Å²) in [5.74, 6) is 0. The first-order chi connectivity index (χ1) is 8.00. The van der Waals surface area contributed by atoms with Crippen LogP contribution in [0.5, 0.6) is 0 Å². The molecule has 0 atom stereocenters. The van der Waals surface area contributed by atoms with Gasteiger partial charge in [0.25, 0.3) is 5.69 Å². The number of nitrogens with zero attached hydrogens (tertiary/aromatic N) is 2.